The molecule has 0 aliphatic rings. The predicted molar refractivity (Wildman–Crippen MR) is 61.9 cm³/mol. The van der Waals surface area contributed by atoms with Gasteiger partial charge in [-0.1, -0.05) is 0 Å². The summed E-state index contributed by atoms with van der Waals surface area (Å²) in [6.45, 7) is 10.0. The number of hydrogen-bond donors (Lipinski definition) is 2. The summed E-state index contributed by atoms with van der Waals surface area (Å²) in [5.41, 5.74) is -1.39. The lowest BCUT2D eigenvalue weighted by molar-refractivity contribution is -0.0293. The van der Waals surface area contributed by atoms with Gasteiger partial charge in [0.2, 0.25) is 0 Å². The molecule has 0 radical (unpaired) electrons. The molecule has 7 heteroatoms. The monoisotopic (exact) mass is 250 g/mol. The first-order valence-electron chi connectivity index (χ1n) is 4.97. The fourth-order valence-electron chi connectivity index (χ4n) is 0.610. The van der Waals surface area contributed by atoms with Gasteiger partial charge >= 0.3 is 12.3 Å². The van der Waals surface area contributed by atoms with Gasteiger partial charge in [0.15, 0.2) is 0 Å². The van der Waals surface area contributed by atoms with Crippen molar-refractivity contribution >= 4 is 12.3 Å². The Hall–Kier alpha value is -1.34. The zero-order valence-electron chi connectivity index (χ0n) is 11.2. The van der Waals surface area contributed by atoms with E-state index < -0.39 is 23.5 Å². The van der Waals surface area contributed by atoms with Gasteiger partial charge in [-0.15, -0.1) is 0 Å². The van der Waals surface area contributed by atoms with E-state index in [2.05, 4.69) is 16.4 Å². The lowest BCUT2D eigenvalue weighted by Gasteiger charge is -2.20. The first-order chi connectivity index (χ1) is 7.49. The molecule has 0 aromatic heterocycles. The molecule has 4 N–H and O–H groups in total. The van der Waals surface area contributed by atoms with E-state index in [1.807, 2.05) is 0 Å². The minimum atomic E-state index is -1.06. The van der Waals surface area contributed by atoms with Crippen molar-refractivity contribution < 1.29 is 23.8 Å². The van der Waals surface area contributed by atoms with Gasteiger partial charge < -0.3 is 14.2 Å². The molecule has 0 aliphatic heterocycles. The summed E-state index contributed by atoms with van der Waals surface area (Å²) in [5.74, 6) is 8.00. The van der Waals surface area contributed by atoms with E-state index in [0.29, 0.717) is 0 Å². The number of carbonyl (C=O) groups excluding carboxylic acids is 2. The second-order valence-electron chi connectivity index (χ2n) is 5.03. The second kappa shape index (κ2) is 7.08. The lowest BCUT2D eigenvalue weighted by atomic mass is 10.2. The van der Waals surface area contributed by atoms with Crippen molar-refractivity contribution in [2.45, 2.75) is 52.7 Å². The molecule has 0 amide bonds. The van der Waals surface area contributed by atoms with Gasteiger partial charge in [0.05, 0.1) is 0 Å². The van der Waals surface area contributed by atoms with Crippen LogP contribution in [0, 0.1) is 0 Å². The molecule has 0 aromatic rings. The van der Waals surface area contributed by atoms with Crippen molar-refractivity contribution in [3.05, 3.63) is 0 Å². The summed E-state index contributed by atoms with van der Waals surface area (Å²) in [7, 11) is 0. The number of hydrazine groups is 1. The molecule has 0 saturated heterocycles. The van der Waals surface area contributed by atoms with Gasteiger partial charge in [-0.25, -0.2) is 9.59 Å². The zero-order chi connectivity index (χ0) is 14.3. The molecule has 0 heterocycles. The number of ether oxygens (including phenoxy) is 3. The largest absolute Gasteiger partial charge is 0.519 e. The average Bonchev–Trinajstić information content (AvgIpc) is 1.99. The third-order valence-corrected chi connectivity index (χ3v) is 0.946. The van der Waals surface area contributed by atoms with Crippen LogP contribution in [0.25, 0.3) is 0 Å². The maximum Gasteiger partial charge on any atom is 0.519 e. The molecule has 17 heavy (non-hydrogen) atoms. The maximum absolute atomic E-state index is 11.0. The van der Waals surface area contributed by atoms with Crippen molar-refractivity contribution in [1.29, 1.82) is 0 Å². The fraction of sp³-hybridized carbons (Fsp3) is 0.800. The highest BCUT2D eigenvalue weighted by molar-refractivity contribution is 5.77. The Morgan fingerprint density at radius 3 is 1.18 bits per heavy atom. The first-order valence-corrected chi connectivity index (χ1v) is 4.97. The van der Waals surface area contributed by atoms with Crippen LogP contribution in [0.3, 0.4) is 0 Å². The van der Waals surface area contributed by atoms with Crippen molar-refractivity contribution in [2.75, 3.05) is 0 Å². The summed E-state index contributed by atoms with van der Waals surface area (Å²) in [6, 6.07) is 0. The number of nitrogens with two attached hydrogens (primary N) is 2. The van der Waals surface area contributed by atoms with E-state index in [0.717, 1.165) is 0 Å². The fourth-order valence-corrected chi connectivity index (χ4v) is 0.610. The molecular formula is C10H22N2O5. The molecule has 0 aliphatic carbocycles. The molecular weight excluding hydrogens is 228 g/mol. The van der Waals surface area contributed by atoms with Crippen LogP contribution in [0.2, 0.25) is 0 Å². The molecule has 0 rings (SSSR count). The Morgan fingerprint density at radius 1 is 0.765 bits per heavy atom. The minimum Gasteiger partial charge on any atom is -0.428 e. The van der Waals surface area contributed by atoms with Crippen LogP contribution in [0.4, 0.5) is 9.59 Å². The van der Waals surface area contributed by atoms with Gasteiger partial charge in [-0.2, -0.15) is 0 Å². The van der Waals surface area contributed by atoms with Crippen LogP contribution >= 0.6 is 0 Å². The van der Waals surface area contributed by atoms with E-state index in [1.165, 1.54) is 0 Å². The molecule has 0 aromatic carbocycles. The maximum atomic E-state index is 11.0. The molecule has 0 bridgehead atoms. The molecule has 7 nitrogen and oxygen atoms in total. The van der Waals surface area contributed by atoms with Gasteiger partial charge in [-0.3, -0.25) is 11.7 Å². The zero-order valence-corrected chi connectivity index (χ0v) is 11.2. The van der Waals surface area contributed by atoms with E-state index in [9.17, 15) is 9.59 Å². The van der Waals surface area contributed by atoms with Crippen LogP contribution in [0.1, 0.15) is 41.5 Å². The molecule has 0 unspecified atom stereocenters. The smallest absolute Gasteiger partial charge is 0.428 e. The standard InChI is InChI=1S/C10H18O5.H4N2/c1-9(2,3)14-7(11)13-8(12)15-10(4,5)6;1-2/h1-6H3;1-2H2. The van der Waals surface area contributed by atoms with Crippen molar-refractivity contribution in [1.82, 2.24) is 0 Å². The topological polar surface area (TPSA) is 114 Å². The number of rotatable bonds is 0. The Kier molecular flexibility index (Phi) is 7.51. The number of hydrogen-bond acceptors (Lipinski definition) is 7. The van der Waals surface area contributed by atoms with Crippen molar-refractivity contribution in [2.24, 2.45) is 11.7 Å². The average molecular weight is 250 g/mol. The number of carbonyl (C=O) groups is 2. The Morgan fingerprint density at radius 2 is 1.00 bits per heavy atom. The highest BCUT2D eigenvalue weighted by Gasteiger charge is 2.24. The third-order valence-electron chi connectivity index (χ3n) is 0.946. The van der Waals surface area contributed by atoms with Crippen LogP contribution in [-0.4, -0.2) is 23.5 Å². The van der Waals surface area contributed by atoms with Crippen molar-refractivity contribution in [3.63, 3.8) is 0 Å². The highest BCUT2D eigenvalue weighted by atomic mass is 16.8. The van der Waals surface area contributed by atoms with Gasteiger partial charge in [0.25, 0.3) is 0 Å². The SMILES string of the molecule is CC(C)(C)OC(=O)OC(=O)OC(C)(C)C.NN. The Balaban J connectivity index is 0. The third kappa shape index (κ3) is 14.7. The van der Waals surface area contributed by atoms with Gasteiger partial charge in [0.1, 0.15) is 11.2 Å². The first kappa shape index (κ1) is 18.0. The summed E-state index contributed by atoms with van der Waals surface area (Å²) in [4.78, 5) is 22.0. The van der Waals surface area contributed by atoms with Crippen molar-refractivity contribution in [3.8, 4) is 0 Å². The van der Waals surface area contributed by atoms with Crippen LogP contribution in [0.5, 0.6) is 0 Å². The molecule has 0 atom stereocenters. The van der Waals surface area contributed by atoms with E-state index >= 15 is 0 Å². The van der Waals surface area contributed by atoms with Gasteiger partial charge in [0, 0.05) is 0 Å². The van der Waals surface area contributed by atoms with Crippen LogP contribution in [-0.2, 0) is 14.2 Å². The van der Waals surface area contributed by atoms with E-state index in [1.54, 1.807) is 41.5 Å². The molecule has 102 valence electrons. The summed E-state index contributed by atoms with van der Waals surface area (Å²) in [6.07, 6.45) is -2.12. The summed E-state index contributed by atoms with van der Waals surface area (Å²) >= 11 is 0. The highest BCUT2D eigenvalue weighted by Crippen LogP contribution is 2.11. The van der Waals surface area contributed by atoms with Crippen LogP contribution in [0.15, 0.2) is 0 Å². The minimum absolute atomic E-state index is 0.695. The molecule has 0 spiro atoms. The van der Waals surface area contributed by atoms with E-state index in [4.69, 9.17) is 9.47 Å². The lowest BCUT2D eigenvalue weighted by Crippen LogP contribution is -2.29. The predicted octanol–water partition coefficient (Wildman–Crippen LogP) is 1.69. The Labute approximate surface area is 101 Å². The second-order valence-corrected chi connectivity index (χ2v) is 5.03. The molecule has 0 saturated carbocycles. The normalized spacial score (nSPS) is 10.8. The van der Waals surface area contributed by atoms with Gasteiger partial charge in [-0.05, 0) is 41.5 Å². The summed E-state index contributed by atoms with van der Waals surface area (Å²) < 4.78 is 13.8. The Bertz CT molecular complexity index is 226. The van der Waals surface area contributed by atoms with Crippen LogP contribution < -0.4 is 11.7 Å². The van der Waals surface area contributed by atoms with E-state index in [-0.39, 0.29) is 0 Å². The summed E-state index contributed by atoms with van der Waals surface area (Å²) in [5, 5.41) is 0. The molecule has 0 fully saturated rings. The quantitative estimate of drug-likeness (QED) is 0.291.